The van der Waals surface area contributed by atoms with Crippen LogP contribution in [0.15, 0.2) is 18.2 Å². The van der Waals surface area contributed by atoms with Crippen LogP contribution in [0.3, 0.4) is 0 Å². The lowest BCUT2D eigenvalue weighted by atomic mass is 10.2. The van der Waals surface area contributed by atoms with Crippen molar-refractivity contribution in [2.75, 3.05) is 23.3 Å². The smallest absolute Gasteiger partial charge is 0.0568 e. The van der Waals surface area contributed by atoms with Gasteiger partial charge in [-0.25, -0.2) is 0 Å². The second-order valence-electron chi connectivity index (χ2n) is 2.77. The summed E-state index contributed by atoms with van der Waals surface area (Å²) in [5.41, 5.74) is 13.5. The summed E-state index contributed by atoms with van der Waals surface area (Å²) in [7, 11) is 0. The largest absolute Gasteiger partial charge is 0.397 e. The van der Waals surface area contributed by atoms with Gasteiger partial charge in [0.25, 0.3) is 0 Å². The molecule has 0 saturated carbocycles. The standard InChI is InChI=1S/C9H15N3/c1-2-5-12-7-3-4-8(10)9(11)6-7/h3-4,6,12H,2,5,10-11H2,1H3. The number of nitrogen functional groups attached to an aromatic ring is 2. The van der Waals surface area contributed by atoms with Crippen LogP contribution in [0, 0.1) is 0 Å². The Bertz CT molecular complexity index is 258. The van der Waals surface area contributed by atoms with Gasteiger partial charge in [0, 0.05) is 12.2 Å². The molecule has 12 heavy (non-hydrogen) atoms. The molecule has 1 aromatic carbocycles. The normalized spacial score (nSPS) is 9.75. The van der Waals surface area contributed by atoms with E-state index in [2.05, 4.69) is 12.2 Å². The Labute approximate surface area is 72.8 Å². The quantitative estimate of drug-likeness (QED) is 0.597. The minimum absolute atomic E-state index is 0.635. The first-order valence-electron chi connectivity index (χ1n) is 4.13. The fourth-order valence-electron chi connectivity index (χ4n) is 0.954. The van der Waals surface area contributed by atoms with Gasteiger partial charge < -0.3 is 16.8 Å². The summed E-state index contributed by atoms with van der Waals surface area (Å²) < 4.78 is 0. The number of hydrogen-bond donors (Lipinski definition) is 3. The van der Waals surface area contributed by atoms with Gasteiger partial charge in [-0.1, -0.05) is 6.92 Å². The SMILES string of the molecule is CCCNc1ccc(N)c(N)c1. The topological polar surface area (TPSA) is 64.1 Å². The fourth-order valence-corrected chi connectivity index (χ4v) is 0.954. The van der Waals surface area contributed by atoms with Gasteiger partial charge in [-0.15, -0.1) is 0 Å². The first-order chi connectivity index (χ1) is 5.74. The summed E-state index contributed by atoms with van der Waals surface area (Å²) in [6.45, 7) is 3.08. The average Bonchev–Trinajstić information content (AvgIpc) is 2.07. The third kappa shape index (κ3) is 2.05. The maximum Gasteiger partial charge on any atom is 0.0568 e. The molecule has 0 radical (unpaired) electrons. The number of rotatable bonds is 3. The number of hydrogen-bond acceptors (Lipinski definition) is 3. The van der Waals surface area contributed by atoms with Gasteiger partial charge in [0.2, 0.25) is 0 Å². The van der Waals surface area contributed by atoms with Crippen LogP contribution >= 0.6 is 0 Å². The van der Waals surface area contributed by atoms with Gasteiger partial charge in [-0.05, 0) is 24.6 Å². The van der Waals surface area contributed by atoms with Crippen LogP contribution in [0.2, 0.25) is 0 Å². The van der Waals surface area contributed by atoms with E-state index in [9.17, 15) is 0 Å². The molecular formula is C9H15N3. The van der Waals surface area contributed by atoms with E-state index in [-0.39, 0.29) is 0 Å². The molecule has 1 aromatic rings. The molecule has 0 aliphatic heterocycles. The van der Waals surface area contributed by atoms with Gasteiger partial charge >= 0.3 is 0 Å². The Morgan fingerprint density at radius 3 is 2.58 bits per heavy atom. The Balaban J connectivity index is 2.69. The molecular weight excluding hydrogens is 150 g/mol. The maximum atomic E-state index is 5.63. The zero-order valence-electron chi connectivity index (χ0n) is 7.30. The molecule has 5 N–H and O–H groups in total. The Kier molecular flexibility index (Phi) is 2.80. The molecule has 0 spiro atoms. The lowest BCUT2D eigenvalue weighted by Gasteiger charge is -2.06. The summed E-state index contributed by atoms with van der Waals surface area (Å²) in [5, 5.41) is 3.23. The third-order valence-electron chi connectivity index (χ3n) is 1.67. The highest BCUT2D eigenvalue weighted by Gasteiger charge is 1.95. The second-order valence-corrected chi connectivity index (χ2v) is 2.77. The van der Waals surface area contributed by atoms with Crippen molar-refractivity contribution in [3.05, 3.63) is 18.2 Å². The molecule has 1 rings (SSSR count). The average molecular weight is 165 g/mol. The molecule has 3 heteroatoms. The van der Waals surface area contributed by atoms with Crippen molar-refractivity contribution < 1.29 is 0 Å². The molecule has 0 saturated heterocycles. The van der Waals surface area contributed by atoms with Crippen LogP contribution in [-0.2, 0) is 0 Å². The van der Waals surface area contributed by atoms with E-state index in [0.29, 0.717) is 11.4 Å². The van der Waals surface area contributed by atoms with E-state index in [1.165, 1.54) is 0 Å². The van der Waals surface area contributed by atoms with E-state index in [1.807, 2.05) is 18.2 Å². The van der Waals surface area contributed by atoms with Crippen molar-refractivity contribution >= 4 is 17.1 Å². The van der Waals surface area contributed by atoms with Crippen LogP contribution < -0.4 is 16.8 Å². The van der Waals surface area contributed by atoms with Gasteiger partial charge in [0.1, 0.15) is 0 Å². The fraction of sp³-hybridized carbons (Fsp3) is 0.333. The third-order valence-corrected chi connectivity index (χ3v) is 1.67. The first kappa shape index (κ1) is 8.71. The van der Waals surface area contributed by atoms with Crippen LogP contribution in [0.4, 0.5) is 17.1 Å². The number of nitrogens with two attached hydrogens (primary N) is 2. The minimum Gasteiger partial charge on any atom is -0.397 e. The number of benzene rings is 1. The van der Waals surface area contributed by atoms with E-state index < -0.39 is 0 Å². The van der Waals surface area contributed by atoms with Crippen molar-refractivity contribution in [1.82, 2.24) is 0 Å². The summed E-state index contributed by atoms with van der Waals surface area (Å²) in [6, 6.07) is 5.60. The molecule has 0 heterocycles. The van der Waals surface area contributed by atoms with Gasteiger partial charge in [0.05, 0.1) is 11.4 Å². The maximum absolute atomic E-state index is 5.63. The van der Waals surface area contributed by atoms with Crippen molar-refractivity contribution in [3.8, 4) is 0 Å². The highest BCUT2D eigenvalue weighted by Crippen LogP contribution is 2.19. The number of anilines is 3. The lowest BCUT2D eigenvalue weighted by Crippen LogP contribution is -2.01. The Morgan fingerprint density at radius 2 is 2.00 bits per heavy atom. The lowest BCUT2D eigenvalue weighted by molar-refractivity contribution is 0.980. The van der Waals surface area contributed by atoms with Crippen molar-refractivity contribution in [2.45, 2.75) is 13.3 Å². The molecule has 0 atom stereocenters. The first-order valence-corrected chi connectivity index (χ1v) is 4.13. The number of nitrogens with one attached hydrogen (secondary N) is 1. The molecule has 0 fully saturated rings. The molecule has 0 amide bonds. The molecule has 3 nitrogen and oxygen atoms in total. The van der Waals surface area contributed by atoms with Crippen molar-refractivity contribution in [2.24, 2.45) is 0 Å². The van der Waals surface area contributed by atoms with E-state index in [1.54, 1.807) is 0 Å². The van der Waals surface area contributed by atoms with Gasteiger partial charge in [-0.2, -0.15) is 0 Å². The Morgan fingerprint density at radius 1 is 1.25 bits per heavy atom. The van der Waals surface area contributed by atoms with Gasteiger partial charge in [0.15, 0.2) is 0 Å². The Hall–Kier alpha value is -1.38. The molecule has 0 aliphatic rings. The predicted molar refractivity (Wildman–Crippen MR) is 54.0 cm³/mol. The molecule has 0 aliphatic carbocycles. The summed E-state index contributed by atoms with van der Waals surface area (Å²) in [6.07, 6.45) is 1.10. The molecule has 66 valence electrons. The summed E-state index contributed by atoms with van der Waals surface area (Å²) in [4.78, 5) is 0. The highest BCUT2D eigenvalue weighted by atomic mass is 14.9. The van der Waals surface area contributed by atoms with E-state index in [0.717, 1.165) is 18.7 Å². The molecule has 0 bridgehead atoms. The minimum atomic E-state index is 0.635. The van der Waals surface area contributed by atoms with Crippen molar-refractivity contribution in [3.63, 3.8) is 0 Å². The highest BCUT2D eigenvalue weighted by molar-refractivity contribution is 5.69. The molecule has 0 aromatic heterocycles. The van der Waals surface area contributed by atoms with Crippen molar-refractivity contribution in [1.29, 1.82) is 0 Å². The van der Waals surface area contributed by atoms with Gasteiger partial charge in [-0.3, -0.25) is 0 Å². The summed E-state index contributed by atoms with van der Waals surface area (Å²) in [5.74, 6) is 0. The second kappa shape index (κ2) is 3.85. The predicted octanol–water partition coefficient (Wildman–Crippen LogP) is 1.67. The molecule has 0 unspecified atom stereocenters. The van der Waals surface area contributed by atoms with Crippen LogP contribution in [0.25, 0.3) is 0 Å². The zero-order valence-corrected chi connectivity index (χ0v) is 7.30. The van der Waals surface area contributed by atoms with Crippen LogP contribution in [0.1, 0.15) is 13.3 Å². The van der Waals surface area contributed by atoms with Crippen LogP contribution in [0.5, 0.6) is 0 Å². The van der Waals surface area contributed by atoms with E-state index >= 15 is 0 Å². The zero-order chi connectivity index (χ0) is 8.97. The summed E-state index contributed by atoms with van der Waals surface area (Å²) >= 11 is 0. The van der Waals surface area contributed by atoms with E-state index in [4.69, 9.17) is 11.5 Å². The van der Waals surface area contributed by atoms with Crippen LogP contribution in [-0.4, -0.2) is 6.54 Å². The monoisotopic (exact) mass is 165 g/mol.